The molecule has 0 radical (unpaired) electrons. The highest BCUT2D eigenvalue weighted by Crippen LogP contribution is 2.31. The number of carbonyl (C=O) groups excluding carboxylic acids is 1. The Kier molecular flexibility index (Phi) is 4.74. The quantitative estimate of drug-likeness (QED) is 0.691. The van der Waals surface area contributed by atoms with Gasteiger partial charge < -0.3 is 4.74 Å². The minimum Gasteiger partial charge on any atom is -0.469 e. The highest BCUT2D eigenvalue weighted by atomic mass is 32.2. The Balaban J connectivity index is 2.71. The second kappa shape index (κ2) is 5.54. The van der Waals surface area contributed by atoms with Crippen molar-refractivity contribution in [2.45, 2.75) is 38.6 Å². The Morgan fingerprint density at radius 2 is 2.06 bits per heavy atom. The zero-order valence-electron chi connectivity index (χ0n) is 11.5. The van der Waals surface area contributed by atoms with Crippen LogP contribution in [0.15, 0.2) is 0 Å². The van der Waals surface area contributed by atoms with E-state index in [4.69, 9.17) is 0 Å². The number of carbonyl (C=O) groups is 1. The minimum atomic E-state index is -3.49. The summed E-state index contributed by atoms with van der Waals surface area (Å²) < 4.78 is 31.9. The first kappa shape index (κ1) is 15.4. The van der Waals surface area contributed by atoms with Gasteiger partial charge in [0.25, 0.3) is 10.2 Å². The van der Waals surface area contributed by atoms with Crippen LogP contribution in [0.5, 0.6) is 0 Å². The molecule has 1 heterocycles. The third-order valence-electron chi connectivity index (χ3n) is 3.36. The maximum Gasteiger partial charge on any atom is 0.306 e. The molecule has 1 rings (SSSR count). The zero-order chi connectivity index (χ0) is 14.0. The van der Waals surface area contributed by atoms with E-state index < -0.39 is 16.2 Å². The lowest BCUT2D eigenvalue weighted by Gasteiger charge is -2.33. The molecule has 0 aromatic rings. The SMILES string of the molecule is COC(=O)CCN(C)S(=O)(=O)N1CCCC1(C)C. The average molecular weight is 278 g/mol. The van der Waals surface area contributed by atoms with Crippen molar-refractivity contribution >= 4 is 16.2 Å². The lowest BCUT2D eigenvalue weighted by atomic mass is 10.0. The molecule has 0 saturated carbocycles. The summed E-state index contributed by atoms with van der Waals surface area (Å²) in [5.74, 6) is -0.405. The molecule has 0 aromatic carbocycles. The molecule has 0 atom stereocenters. The van der Waals surface area contributed by atoms with Crippen molar-refractivity contribution in [1.82, 2.24) is 8.61 Å². The van der Waals surface area contributed by atoms with E-state index in [-0.39, 0.29) is 18.5 Å². The first-order chi connectivity index (χ1) is 8.21. The molecule has 0 N–H and O–H groups in total. The van der Waals surface area contributed by atoms with E-state index in [0.29, 0.717) is 6.54 Å². The Hall–Kier alpha value is -0.660. The fourth-order valence-corrected chi connectivity index (χ4v) is 3.88. The predicted octanol–water partition coefficient (Wildman–Crippen LogP) is 0.600. The van der Waals surface area contributed by atoms with Crippen LogP contribution in [0.4, 0.5) is 0 Å². The molecular formula is C11H22N2O4S. The van der Waals surface area contributed by atoms with Crippen LogP contribution in [0.3, 0.4) is 0 Å². The highest BCUT2D eigenvalue weighted by molar-refractivity contribution is 7.86. The fourth-order valence-electron chi connectivity index (χ4n) is 2.14. The van der Waals surface area contributed by atoms with E-state index in [2.05, 4.69) is 4.74 Å². The topological polar surface area (TPSA) is 66.9 Å². The van der Waals surface area contributed by atoms with E-state index in [1.165, 1.54) is 22.8 Å². The summed E-state index contributed by atoms with van der Waals surface area (Å²) in [5.41, 5.74) is -0.349. The van der Waals surface area contributed by atoms with E-state index in [1.807, 2.05) is 13.8 Å². The summed E-state index contributed by atoms with van der Waals surface area (Å²) in [6.07, 6.45) is 1.80. The standard InChI is InChI=1S/C11H22N2O4S/c1-11(2)7-5-8-13(11)18(15,16)12(3)9-6-10(14)17-4/h5-9H2,1-4H3. The average Bonchev–Trinajstić information content (AvgIpc) is 2.65. The highest BCUT2D eigenvalue weighted by Gasteiger charge is 2.41. The molecule has 6 nitrogen and oxygen atoms in total. The Morgan fingerprint density at radius 1 is 1.44 bits per heavy atom. The van der Waals surface area contributed by atoms with Gasteiger partial charge in [-0.3, -0.25) is 4.79 Å². The van der Waals surface area contributed by atoms with Gasteiger partial charge in [-0.05, 0) is 26.7 Å². The molecule has 106 valence electrons. The molecule has 1 aliphatic heterocycles. The number of hydrogen-bond donors (Lipinski definition) is 0. The molecule has 7 heteroatoms. The summed E-state index contributed by atoms with van der Waals surface area (Å²) in [6, 6.07) is 0. The summed E-state index contributed by atoms with van der Waals surface area (Å²) >= 11 is 0. The van der Waals surface area contributed by atoms with Crippen LogP contribution in [-0.2, 0) is 19.7 Å². The van der Waals surface area contributed by atoms with Gasteiger partial charge in [-0.25, -0.2) is 0 Å². The van der Waals surface area contributed by atoms with Gasteiger partial charge in [0.1, 0.15) is 0 Å². The van der Waals surface area contributed by atoms with E-state index in [1.54, 1.807) is 0 Å². The van der Waals surface area contributed by atoms with Gasteiger partial charge in [0.05, 0.1) is 13.5 Å². The normalized spacial score (nSPS) is 20.3. The first-order valence-corrected chi connectivity index (χ1v) is 7.42. The zero-order valence-corrected chi connectivity index (χ0v) is 12.3. The van der Waals surface area contributed by atoms with Gasteiger partial charge in [0, 0.05) is 25.7 Å². The van der Waals surface area contributed by atoms with Crippen LogP contribution in [0, 0.1) is 0 Å². The Bertz CT molecular complexity index is 405. The number of ether oxygens (including phenoxy) is 1. The second-order valence-electron chi connectivity index (χ2n) is 5.14. The third-order valence-corrected chi connectivity index (χ3v) is 5.56. The van der Waals surface area contributed by atoms with Crippen LogP contribution >= 0.6 is 0 Å². The molecule has 0 aromatic heterocycles. The van der Waals surface area contributed by atoms with Gasteiger partial charge in [-0.2, -0.15) is 17.0 Å². The van der Waals surface area contributed by atoms with Crippen LogP contribution in [0.2, 0.25) is 0 Å². The smallest absolute Gasteiger partial charge is 0.306 e. The molecule has 0 bridgehead atoms. The third kappa shape index (κ3) is 3.21. The molecule has 1 saturated heterocycles. The van der Waals surface area contributed by atoms with Crippen molar-refractivity contribution in [2.75, 3.05) is 27.2 Å². The first-order valence-electron chi connectivity index (χ1n) is 6.03. The molecule has 1 aliphatic rings. The molecule has 0 aliphatic carbocycles. The van der Waals surface area contributed by atoms with Gasteiger partial charge >= 0.3 is 5.97 Å². The molecule has 18 heavy (non-hydrogen) atoms. The number of methoxy groups -OCH3 is 1. The molecular weight excluding hydrogens is 256 g/mol. The monoisotopic (exact) mass is 278 g/mol. The lowest BCUT2D eigenvalue weighted by molar-refractivity contribution is -0.140. The number of rotatable bonds is 5. The van der Waals surface area contributed by atoms with E-state index in [9.17, 15) is 13.2 Å². The van der Waals surface area contributed by atoms with Gasteiger partial charge in [-0.15, -0.1) is 0 Å². The van der Waals surface area contributed by atoms with Gasteiger partial charge in [0.2, 0.25) is 0 Å². The molecule has 0 spiro atoms. The van der Waals surface area contributed by atoms with Crippen molar-refractivity contribution in [3.05, 3.63) is 0 Å². The largest absolute Gasteiger partial charge is 0.469 e. The number of nitrogens with zero attached hydrogens (tertiary/aromatic N) is 2. The van der Waals surface area contributed by atoms with Crippen molar-refractivity contribution in [2.24, 2.45) is 0 Å². The predicted molar refractivity (Wildman–Crippen MR) is 68.2 cm³/mol. The van der Waals surface area contributed by atoms with Crippen LogP contribution in [-0.4, -0.2) is 55.8 Å². The lowest BCUT2D eigenvalue weighted by Crippen LogP contribution is -2.49. The Labute approximate surface area is 109 Å². The number of hydrogen-bond acceptors (Lipinski definition) is 4. The molecule has 1 fully saturated rings. The Morgan fingerprint density at radius 3 is 2.50 bits per heavy atom. The van der Waals surface area contributed by atoms with Crippen molar-refractivity contribution in [1.29, 1.82) is 0 Å². The molecule has 0 amide bonds. The van der Waals surface area contributed by atoms with Crippen molar-refractivity contribution < 1.29 is 17.9 Å². The minimum absolute atomic E-state index is 0.0699. The van der Waals surface area contributed by atoms with Crippen LogP contribution < -0.4 is 0 Å². The van der Waals surface area contributed by atoms with Crippen LogP contribution in [0.25, 0.3) is 0 Å². The summed E-state index contributed by atoms with van der Waals surface area (Å²) in [6.45, 7) is 4.52. The maximum atomic E-state index is 12.3. The maximum absolute atomic E-state index is 12.3. The van der Waals surface area contributed by atoms with Crippen LogP contribution in [0.1, 0.15) is 33.1 Å². The van der Waals surface area contributed by atoms with E-state index in [0.717, 1.165) is 12.8 Å². The summed E-state index contributed by atoms with van der Waals surface area (Å²) in [5, 5.41) is 0. The second-order valence-corrected chi connectivity index (χ2v) is 7.10. The van der Waals surface area contributed by atoms with Gasteiger partial charge in [-0.1, -0.05) is 0 Å². The fraction of sp³-hybridized carbons (Fsp3) is 0.909. The van der Waals surface area contributed by atoms with Crippen molar-refractivity contribution in [3.63, 3.8) is 0 Å². The van der Waals surface area contributed by atoms with Crippen molar-refractivity contribution in [3.8, 4) is 0 Å². The summed E-state index contributed by atoms with van der Waals surface area (Å²) in [4.78, 5) is 11.0. The van der Waals surface area contributed by atoms with Gasteiger partial charge in [0.15, 0.2) is 0 Å². The molecule has 0 unspecified atom stereocenters. The number of esters is 1. The summed E-state index contributed by atoms with van der Waals surface area (Å²) in [7, 11) is -0.707. The van der Waals surface area contributed by atoms with E-state index >= 15 is 0 Å².